The number of aromatic amines is 1. The molecule has 1 saturated carbocycles. The highest BCUT2D eigenvalue weighted by Crippen LogP contribution is 2.31. The molecule has 2 aromatic rings. The molecule has 0 radical (unpaired) electrons. The van der Waals surface area contributed by atoms with Gasteiger partial charge in [-0.15, -0.1) is 0 Å². The van der Waals surface area contributed by atoms with Crippen LogP contribution in [0, 0.1) is 20.8 Å². The van der Waals surface area contributed by atoms with Crippen LogP contribution in [0.2, 0.25) is 1.41 Å². The number of H-pyrrole nitrogens is 1. The predicted molar refractivity (Wildman–Crippen MR) is 82.4 cm³/mol. The highest BCUT2D eigenvalue weighted by molar-refractivity contribution is 5.33. The summed E-state index contributed by atoms with van der Waals surface area (Å²) >= 11 is 0. The van der Waals surface area contributed by atoms with Crippen LogP contribution in [0.5, 0.6) is 0 Å². The molecule has 1 N–H and O–H groups in total. The number of aromatic nitrogens is 2. The van der Waals surface area contributed by atoms with Crippen molar-refractivity contribution >= 4 is 0 Å². The fourth-order valence-electron chi connectivity index (χ4n) is 3.39. The van der Waals surface area contributed by atoms with E-state index in [0.717, 1.165) is 5.69 Å². The minimum atomic E-state index is 0.517. The molecular weight excluding hydrogens is 244 g/mol. The molecule has 1 aliphatic rings. The summed E-state index contributed by atoms with van der Waals surface area (Å²) in [4.78, 5) is 1.68. The van der Waals surface area contributed by atoms with Crippen molar-refractivity contribution in [1.29, 1.82) is 0 Å². The van der Waals surface area contributed by atoms with Crippen LogP contribution in [0.4, 0.5) is 0 Å². The summed E-state index contributed by atoms with van der Waals surface area (Å²) < 4.78 is 10.8. The molecule has 0 atom stereocenters. The Hall–Kier alpha value is -1.57. The maximum absolute atomic E-state index is 8.51. The lowest BCUT2D eigenvalue weighted by Gasteiger charge is -2.18. The van der Waals surface area contributed by atoms with Crippen LogP contribution in [-0.2, 0) is 0 Å². The molecule has 0 aliphatic heterocycles. The van der Waals surface area contributed by atoms with Gasteiger partial charge in [0.2, 0.25) is 0 Å². The van der Waals surface area contributed by atoms with Crippen LogP contribution in [0.15, 0.2) is 24.3 Å². The Labute approximate surface area is 123 Å². The summed E-state index contributed by atoms with van der Waals surface area (Å²) in [6.45, 7) is 6.35. The minimum absolute atomic E-state index is 0.517. The summed E-state index contributed by atoms with van der Waals surface area (Å²) in [5.74, 6) is 1.68. The first-order valence-electron chi connectivity index (χ1n) is 8.25. The second kappa shape index (κ2) is 5.43. The molecule has 1 aliphatic carbocycles. The molecule has 2 heteroatoms. The molecule has 3 rings (SSSR count). The van der Waals surface area contributed by atoms with Crippen molar-refractivity contribution in [3.8, 4) is 5.69 Å². The molecule has 0 saturated heterocycles. The van der Waals surface area contributed by atoms with Gasteiger partial charge in [-0.05, 0) is 31.4 Å². The molecule has 0 spiro atoms. The number of rotatable bonds is 2. The Balaban J connectivity index is 2.19. The Bertz CT molecular complexity index is 651. The first-order chi connectivity index (χ1) is 10.1. The lowest BCUT2D eigenvalue weighted by Crippen LogP contribution is -2.39. The zero-order valence-electron chi connectivity index (χ0n) is 13.8. The molecular formula is C18H25N2+. The standard InChI is InChI=1S/C18H24N2/c1-13-9-7-8-12-17(13)20-15(3)14(2)19-18(20)16-10-5-4-6-11-16/h7-9,12,16H,4-6,10-11H2,1-3H3/p+1/i/hD. The molecule has 1 fully saturated rings. The molecule has 106 valence electrons. The SMILES string of the molecule is [2H]n1c(C)c(C)[n+](-c2ccccc2C)c1C1CCCCC1. The summed E-state index contributed by atoms with van der Waals surface area (Å²) in [6.07, 6.45) is 6.36. The monoisotopic (exact) mass is 270 g/mol. The van der Waals surface area contributed by atoms with Crippen LogP contribution in [0.1, 0.15) is 60.8 Å². The van der Waals surface area contributed by atoms with Crippen molar-refractivity contribution < 1.29 is 5.98 Å². The number of imidazole rings is 1. The van der Waals surface area contributed by atoms with Crippen LogP contribution in [0.3, 0.4) is 0 Å². The number of aryl methyl sites for hydroxylation is 1. The van der Waals surface area contributed by atoms with E-state index in [1.807, 2.05) is 0 Å². The maximum atomic E-state index is 8.51. The van der Waals surface area contributed by atoms with Crippen LogP contribution < -0.4 is 4.57 Å². The van der Waals surface area contributed by atoms with Crippen LogP contribution in [0.25, 0.3) is 5.69 Å². The Morgan fingerprint density at radius 2 is 1.80 bits per heavy atom. The van der Waals surface area contributed by atoms with Crippen LogP contribution >= 0.6 is 0 Å². The molecule has 1 aromatic heterocycles. The molecule has 20 heavy (non-hydrogen) atoms. The van der Waals surface area contributed by atoms with Gasteiger partial charge in [0.25, 0.3) is 5.82 Å². The lowest BCUT2D eigenvalue weighted by atomic mass is 9.88. The first kappa shape index (κ1) is 12.2. The zero-order chi connectivity index (χ0) is 15.0. The lowest BCUT2D eigenvalue weighted by molar-refractivity contribution is -0.612. The average Bonchev–Trinajstić information content (AvgIpc) is 2.73. The van der Waals surface area contributed by atoms with Gasteiger partial charge in [0.05, 0.1) is 5.92 Å². The number of nitrogens with one attached hydrogen (secondary N) is 1. The Morgan fingerprint density at radius 1 is 1.10 bits per heavy atom. The highest BCUT2D eigenvalue weighted by Gasteiger charge is 2.29. The molecule has 1 aromatic carbocycles. The van der Waals surface area contributed by atoms with Gasteiger partial charge in [0, 0.05) is 13.8 Å². The number of nitrogens with zero attached hydrogens (tertiary/aromatic N) is 1. The molecule has 2 nitrogen and oxygen atoms in total. The van der Waals surface area contributed by atoms with E-state index in [2.05, 4.69) is 49.6 Å². The molecule has 0 amide bonds. The fourth-order valence-corrected chi connectivity index (χ4v) is 3.39. The van der Waals surface area contributed by atoms with E-state index in [1.165, 1.54) is 54.9 Å². The summed E-state index contributed by atoms with van der Waals surface area (Å²) in [5.41, 5.74) is 4.75. The highest BCUT2D eigenvalue weighted by atomic mass is 15.1. The van der Waals surface area contributed by atoms with Gasteiger partial charge in [0.1, 0.15) is 17.1 Å². The number of hydrogen-bond acceptors (Lipinski definition) is 0. The van der Waals surface area contributed by atoms with Gasteiger partial charge < -0.3 is 0 Å². The number of para-hydroxylation sites is 1. The minimum Gasteiger partial charge on any atom is -0.244 e. The normalized spacial score (nSPS) is 17.2. The quantitative estimate of drug-likeness (QED) is 0.787. The topological polar surface area (TPSA) is 19.7 Å². The predicted octanol–water partition coefficient (Wildman–Crippen LogP) is 4.26. The number of benzene rings is 1. The van der Waals surface area contributed by atoms with E-state index in [1.54, 1.807) is 4.98 Å². The van der Waals surface area contributed by atoms with Crippen molar-refractivity contribution in [2.24, 2.45) is 0 Å². The van der Waals surface area contributed by atoms with E-state index in [0.29, 0.717) is 5.92 Å². The first-order valence-corrected chi connectivity index (χ1v) is 7.80. The average molecular weight is 270 g/mol. The van der Waals surface area contributed by atoms with Crippen molar-refractivity contribution in [3.63, 3.8) is 0 Å². The largest absolute Gasteiger partial charge is 0.312 e. The van der Waals surface area contributed by atoms with Crippen molar-refractivity contribution in [3.05, 3.63) is 47.0 Å². The third kappa shape index (κ3) is 2.28. The smallest absolute Gasteiger partial charge is 0.244 e. The van der Waals surface area contributed by atoms with Crippen molar-refractivity contribution in [1.82, 2.24) is 4.98 Å². The third-order valence-electron chi connectivity index (χ3n) is 4.70. The van der Waals surface area contributed by atoms with Gasteiger partial charge in [-0.25, -0.2) is 4.98 Å². The molecule has 1 heterocycles. The Kier molecular flexibility index (Phi) is 3.31. The van der Waals surface area contributed by atoms with Crippen LogP contribution in [-0.4, -0.2) is 4.98 Å². The van der Waals surface area contributed by atoms with E-state index in [9.17, 15) is 0 Å². The Morgan fingerprint density at radius 3 is 2.50 bits per heavy atom. The fraction of sp³-hybridized carbons (Fsp3) is 0.500. The van der Waals surface area contributed by atoms with Crippen molar-refractivity contribution in [2.75, 3.05) is 0 Å². The van der Waals surface area contributed by atoms with E-state index in [4.69, 9.17) is 1.41 Å². The summed E-state index contributed by atoms with van der Waals surface area (Å²) in [6, 6.07) is 8.51. The van der Waals surface area contributed by atoms with Gasteiger partial charge in [0.15, 0.2) is 0 Å². The van der Waals surface area contributed by atoms with Gasteiger partial charge in [-0.2, -0.15) is 4.57 Å². The maximum Gasteiger partial charge on any atom is 0.312 e. The van der Waals surface area contributed by atoms with Gasteiger partial charge in [-0.3, -0.25) is 0 Å². The van der Waals surface area contributed by atoms with E-state index in [-0.39, 0.29) is 0 Å². The second-order valence-corrected chi connectivity index (χ2v) is 6.10. The van der Waals surface area contributed by atoms with E-state index < -0.39 is 0 Å². The molecule has 0 bridgehead atoms. The summed E-state index contributed by atoms with van der Waals surface area (Å²) in [5, 5.41) is 0. The van der Waals surface area contributed by atoms with Gasteiger partial charge >= 0.3 is 1.41 Å². The zero-order valence-corrected chi connectivity index (χ0v) is 12.8. The van der Waals surface area contributed by atoms with Crippen molar-refractivity contribution in [2.45, 2.75) is 58.8 Å². The van der Waals surface area contributed by atoms with E-state index >= 15 is 0 Å². The number of hydrogen-bond donors (Lipinski definition) is 1. The van der Waals surface area contributed by atoms with Gasteiger partial charge in [-0.1, -0.05) is 37.5 Å². The molecule has 0 unspecified atom stereocenters. The summed E-state index contributed by atoms with van der Waals surface area (Å²) in [7, 11) is 0. The second-order valence-electron chi connectivity index (χ2n) is 6.10. The third-order valence-corrected chi connectivity index (χ3v) is 4.70.